The number of nitrogens with one attached hydrogen (secondary N) is 4. The molecule has 0 unspecified atom stereocenters. The van der Waals surface area contributed by atoms with Gasteiger partial charge in [0.05, 0.1) is 11.5 Å². The molecule has 2 aromatic heterocycles. The first-order valence-electron chi connectivity index (χ1n) is 15.8. The van der Waals surface area contributed by atoms with Gasteiger partial charge in [0.2, 0.25) is 23.8 Å². The second-order valence-corrected chi connectivity index (χ2v) is 15.6. The molecular weight excluding hydrogens is 741 g/mol. The molecule has 0 radical (unpaired) electrons. The fourth-order valence-electron chi connectivity index (χ4n) is 4.51. The van der Waals surface area contributed by atoms with Crippen LogP contribution in [0.5, 0.6) is 0 Å². The molecule has 4 rings (SSSR count). The SMILES string of the molecule is CCCc1nc(NCC)nc(Nc2ccc(/C=C/c3ccc(Nc4nc(CCCS(=O)(=O)O)nc(NCCS(=O)(=O)O)n4)cc3)c(S(=O)(=O)O)c2)n1. The van der Waals surface area contributed by atoms with Crippen LogP contribution in [0.25, 0.3) is 12.2 Å². The molecule has 0 atom stereocenters. The summed E-state index contributed by atoms with van der Waals surface area (Å²) in [4.78, 5) is 25.3. The average Bonchev–Trinajstić information content (AvgIpc) is 3.03. The number of benzene rings is 2. The lowest BCUT2D eigenvalue weighted by molar-refractivity contribution is 0.479. The maximum absolute atomic E-state index is 12.4. The lowest BCUT2D eigenvalue weighted by Crippen LogP contribution is -2.17. The zero-order chi connectivity index (χ0) is 37.9. The van der Waals surface area contributed by atoms with Gasteiger partial charge in [-0.05, 0) is 55.2 Å². The summed E-state index contributed by atoms with van der Waals surface area (Å²) in [5.74, 6) is 0.174. The number of hydrogen-bond donors (Lipinski definition) is 7. The van der Waals surface area contributed by atoms with E-state index in [1.165, 1.54) is 18.2 Å². The molecule has 0 saturated carbocycles. The zero-order valence-electron chi connectivity index (χ0n) is 28.1. The molecule has 7 N–H and O–H groups in total. The first-order chi connectivity index (χ1) is 24.5. The van der Waals surface area contributed by atoms with E-state index in [0.29, 0.717) is 41.7 Å². The zero-order valence-corrected chi connectivity index (χ0v) is 30.5. The highest BCUT2D eigenvalue weighted by molar-refractivity contribution is 7.86. The molecular formula is C30H38N10O9S3. The molecule has 0 bridgehead atoms. The van der Waals surface area contributed by atoms with E-state index in [9.17, 15) is 29.8 Å². The van der Waals surface area contributed by atoms with Gasteiger partial charge in [-0.2, -0.15) is 55.2 Å². The smallest absolute Gasteiger partial charge is 0.295 e. The molecule has 2 aromatic carbocycles. The quantitative estimate of drug-likeness (QED) is 0.0530. The molecule has 19 nitrogen and oxygen atoms in total. The van der Waals surface area contributed by atoms with Crippen molar-refractivity contribution in [2.45, 2.75) is 44.4 Å². The summed E-state index contributed by atoms with van der Waals surface area (Å²) in [6.45, 7) is 4.27. The summed E-state index contributed by atoms with van der Waals surface area (Å²) in [7, 11) is -13.1. The molecule has 0 spiro atoms. The lowest BCUT2D eigenvalue weighted by atomic mass is 10.1. The number of hydrogen-bond acceptors (Lipinski definition) is 16. The third-order valence-electron chi connectivity index (χ3n) is 6.79. The number of aryl methyl sites for hydroxylation is 2. The van der Waals surface area contributed by atoms with Gasteiger partial charge in [0.1, 0.15) is 16.5 Å². The van der Waals surface area contributed by atoms with E-state index in [-0.39, 0.29) is 53.5 Å². The van der Waals surface area contributed by atoms with Crippen LogP contribution in [-0.2, 0) is 43.2 Å². The van der Waals surface area contributed by atoms with Crippen LogP contribution in [0.4, 0.5) is 35.2 Å². The number of aromatic nitrogens is 6. The van der Waals surface area contributed by atoms with Gasteiger partial charge >= 0.3 is 0 Å². The number of nitrogens with zero attached hydrogens (tertiary/aromatic N) is 6. The molecule has 52 heavy (non-hydrogen) atoms. The highest BCUT2D eigenvalue weighted by Crippen LogP contribution is 2.25. The topological polar surface area (TPSA) is 289 Å². The second-order valence-electron chi connectivity index (χ2n) is 11.1. The Balaban J connectivity index is 1.51. The predicted octanol–water partition coefficient (Wildman–Crippen LogP) is 3.47. The van der Waals surface area contributed by atoms with Crippen molar-refractivity contribution in [1.29, 1.82) is 0 Å². The van der Waals surface area contributed by atoms with Crippen molar-refractivity contribution < 1.29 is 38.9 Å². The van der Waals surface area contributed by atoms with Crippen molar-refractivity contribution in [3.05, 3.63) is 65.2 Å². The lowest BCUT2D eigenvalue weighted by Gasteiger charge is -2.11. The Morgan fingerprint density at radius 2 is 1.19 bits per heavy atom. The van der Waals surface area contributed by atoms with E-state index in [0.717, 1.165) is 6.42 Å². The third-order valence-corrected chi connectivity index (χ3v) is 9.22. The van der Waals surface area contributed by atoms with E-state index in [2.05, 4.69) is 51.2 Å². The Morgan fingerprint density at radius 1 is 0.635 bits per heavy atom. The molecule has 0 aliphatic carbocycles. The van der Waals surface area contributed by atoms with Crippen LogP contribution < -0.4 is 21.3 Å². The van der Waals surface area contributed by atoms with E-state index in [4.69, 9.17) is 9.11 Å². The van der Waals surface area contributed by atoms with Gasteiger partial charge in [-0.25, -0.2) is 0 Å². The van der Waals surface area contributed by atoms with Crippen LogP contribution in [0.15, 0.2) is 47.4 Å². The van der Waals surface area contributed by atoms with Crippen molar-refractivity contribution in [3.8, 4) is 0 Å². The Labute approximate surface area is 301 Å². The molecule has 0 saturated heterocycles. The van der Waals surface area contributed by atoms with Crippen molar-refractivity contribution in [2.75, 3.05) is 45.9 Å². The highest BCUT2D eigenvalue weighted by atomic mass is 32.2. The monoisotopic (exact) mass is 778 g/mol. The Morgan fingerprint density at radius 3 is 1.77 bits per heavy atom. The predicted molar refractivity (Wildman–Crippen MR) is 196 cm³/mol. The van der Waals surface area contributed by atoms with Crippen molar-refractivity contribution >= 4 is 77.7 Å². The fraction of sp³-hybridized carbons (Fsp3) is 0.333. The van der Waals surface area contributed by atoms with Crippen LogP contribution in [0.2, 0.25) is 0 Å². The summed E-state index contributed by atoms with van der Waals surface area (Å²) in [5.41, 5.74) is 1.72. The minimum atomic E-state index is -4.64. The fourth-order valence-corrected chi connectivity index (χ4v) is 6.09. The van der Waals surface area contributed by atoms with Crippen LogP contribution in [0.1, 0.15) is 49.5 Å². The standard InChI is InChI=1S/C30H38N10O9S3/c1-3-6-25-35-27(31-4-2)39-30(37-25)34-23-15-12-21(24(19-23)52(47,48)49)11-8-20-9-13-22(14-10-20)33-29-38-26(7-5-17-50(41,42)43)36-28(40-29)32-16-18-51(44,45)46/h8-15,19H,3-7,16-18H2,1-2H3,(H,41,42,43)(H,44,45,46)(H,47,48,49)(H2,31,34,35,37,39)(H2,32,33,36,38,40)/b11-8+. The molecule has 0 amide bonds. The molecule has 0 fully saturated rings. The number of rotatable bonds is 19. The van der Waals surface area contributed by atoms with E-state index in [1.54, 1.807) is 36.4 Å². The summed E-state index contributed by atoms with van der Waals surface area (Å²) >= 11 is 0. The maximum atomic E-state index is 12.4. The molecule has 0 aliphatic rings. The largest absolute Gasteiger partial charge is 0.354 e. The van der Waals surface area contributed by atoms with E-state index in [1.807, 2.05) is 13.8 Å². The molecule has 4 aromatic rings. The van der Waals surface area contributed by atoms with Crippen molar-refractivity contribution in [3.63, 3.8) is 0 Å². The summed E-state index contributed by atoms with van der Waals surface area (Å²) in [5, 5.41) is 11.7. The minimum Gasteiger partial charge on any atom is -0.354 e. The Hall–Kier alpha value is -4.87. The first-order valence-corrected chi connectivity index (χ1v) is 20.5. The first kappa shape index (κ1) is 39.9. The van der Waals surface area contributed by atoms with Crippen LogP contribution >= 0.6 is 0 Å². The van der Waals surface area contributed by atoms with Gasteiger partial charge in [0.25, 0.3) is 30.4 Å². The number of anilines is 6. The van der Waals surface area contributed by atoms with Gasteiger partial charge < -0.3 is 21.3 Å². The van der Waals surface area contributed by atoms with Crippen LogP contribution in [0, 0.1) is 0 Å². The highest BCUT2D eigenvalue weighted by Gasteiger charge is 2.16. The molecule has 280 valence electrons. The summed E-state index contributed by atoms with van der Waals surface area (Å²) in [6, 6.07) is 11.2. The van der Waals surface area contributed by atoms with Gasteiger partial charge in [-0.15, -0.1) is 0 Å². The van der Waals surface area contributed by atoms with Crippen LogP contribution in [-0.4, -0.2) is 93.4 Å². The molecule has 22 heteroatoms. The van der Waals surface area contributed by atoms with E-state index < -0.39 is 41.9 Å². The Kier molecular flexibility index (Phi) is 13.5. The molecule has 2 heterocycles. The maximum Gasteiger partial charge on any atom is 0.295 e. The van der Waals surface area contributed by atoms with Gasteiger partial charge in [-0.1, -0.05) is 37.3 Å². The average molecular weight is 779 g/mol. The third kappa shape index (κ3) is 13.4. The normalized spacial score (nSPS) is 12.2. The van der Waals surface area contributed by atoms with Crippen LogP contribution in [0.3, 0.4) is 0 Å². The van der Waals surface area contributed by atoms with Crippen molar-refractivity contribution in [2.24, 2.45) is 0 Å². The summed E-state index contributed by atoms with van der Waals surface area (Å²) < 4.78 is 97.2. The van der Waals surface area contributed by atoms with Gasteiger partial charge in [0.15, 0.2) is 0 Å². The van der Waals surface area contributed by atoms with E-state index >= 15 is 0 Å². The molecule has 0 aliphatic heterocycles. The second kappa shape index (κ2) is 17.6. The van der Waals surface area contributed by atoms with Gasteiger partial charge in [-0.3, -0.25) is 13.7 Å². The Bertz CT molecular complexity index is 2140. The summed E-state index contributed by atoms with van der Waals surface area (Å²) in [6.07, 6.45) is 4.65. The van der Waals surface area contributed by atoms with Crippen molar-refractivity contribution in [1.82, 2.24) is 29.9 Å². The van der Waals surface area contributed by atoms with Gasteiger partial charge in [0, 0.05) is 37.3 Å². The minimum absolute atomic E-state index is 0.00293.